The molecule has 1 unspecified atom stereocenters. The van der Waals surface area contributed by atoms with Crippen LogP contribution in [0.25, 0.3) is 0 Å². The van der Waals surface area contributed by atoms with Crippen molar-refractivity contribution < 1.29 is 17.9 Å². The molecule has 0 aliphatic carbocycles. The number of nitrogen functional groups attached to an aromatic ring is 1. The van der Waals surface area contributed by atoms with Gasteiger partial charge in [0.05, 0.1) is 6.10 Å². The van der Waals surface area contributed by atoms with Crippen molar-refractivity contribution in [3.8, 4) is 0 Å². The molecule has 1 atom stereocenters. The zero-order chi connectivity index (χ0) is 12.6. The first kappa shape index (κ1) is 12.3. The van der Waals surface area contributed by atoms with E-state index < -0.39 is 26.8 Å². The Hall–Kier alpha value is -1.18. The van der Waals surface area contributed by atoms with Crippen LogP contribution in [0.15, 0.2) is 23.1 Å². The molecule has 0 bridgehead atoms. The second kappa shape index (κ2) is 4.25. The Bertz CT molecular complexity index is 532. The van der Waals surface area contributed by atoms with Gasteiger partial charge in [-0.3, -0.25) is 0 Å². The van der Waals surface area contributed by atoms with E-state index in [9.17, 15) is 17.9 Å². The molecule has 0 aromatic heterocycles. The van der Waals surface area contributed by atoms with Crippen molar-refractivity contribution >= 4 is 15.7 Å². The van der Waals surface area contributed by atoms with Gasteiger partial charge in [-0.15, -0.1) is 0 Å². The summed E-state index contributed by atoms with van der Waals surface area (Å²) < 4.78 is 38.7. The van der Waals surface area contributed by atoms with E-state index in [1.807, 2.05) is 0 Å². The predicted molar refractivity (Wildman–Crippen MR) is 60.2 cm³/mol. The summed E-state index contributed by atoms with van der Waals surface area (Å²) in [4.78, 5) is -0.438. The van der Waals surface area contributed by atoms with Crippen molar-refractivity contribution in [1.82, 2.24) is 4.31 Å². The lowest BCUT2D eigenvalue weighted by molar-refractivity contribution is 0.189. The van der Waals surface area contributed by atoms with Crippen molar-refractivity contribution in [2.45, 2.75) is 17.4 Å². The number of anilines is 1. The Morgan fingerprint density at radius 3 is 2.76 bits per heavy atom. The lowest BCUT2D eigenvalue weighted by Crippen LogP contribution is -2.30. The van der Waals surface area contributed by atoms with Crippen LogP contribution in [-0.2, 0) is 10.0 Å². The Balaban J connectivity index is 2.41. The number of benzene rings is 1. The molecule has 5 nitrogen and oxygen atoms in total. The van der Waals surface area contributed by atoms with Gasteiger partial charge < -0.3 is 10.8 Å². The fourth-order valence-corrected chi connectivity index (χ4v) is 3.38. The SMILES string of the molecule is Nc1ccc(F)c(S(=O)(=O)N2CCC(O)C2)c1. The molecule has 0 saturated carbocycles. The third-order valence-corrected chi connectivity index (χ3v) is 4.58. The number of aliphatic hydroxyl groups is 1. The molecule has 7 heteroatoms. The molecular weight excluding hydrogens is 247 g/mol. The van der Waals surface area contributed by atoms with E-state index in [1.165, 1.54) is 6.07 Å². The van der Waals surface area contributed by atoms with Crippen molar-refractivity contribution in [2.24, 2.45) is 0 Å². The summed E-state index contributed by atoms with van der Waals surface area (Å²) in [5.41, 5.74) is 5.64. The standard InChI is InChI=1S/C10H13FN2O3S/c11-9-2-1-7(12)5-10(9)17(15,16)13-4-3-8(14)6-13/h1-2,5,8,14H,3-4,6,12H2. The molecule has 1 heterocycles. The van der Waals surface area contributed by atoms with E-state index in [-0.39, 0.29) is 18.8 Å². The van der Waals surface area contributed by atoms with Crippen LogP contribution in [0.2, 0.25) is 0 Å². The Labute approximate surface area is 98.7 Å². The molecule has 94 valence electrons. The van der Waals surface area contributed by atoms with Crippen LogP contribution < -0.4 is 5.73 Å². The first-order valence-corrected chi connectivity index (χ1v) is 6.58. The minimum Gasteiger partial charge on any atom is -0.399 e. The molecule has 1 aliphatic rings. The van der Waals surface area contributed by atoms with Crippen LogP contribution in [0.5, 0.6) is 0 Å². The van der Waals surface area contributed by atoms with Gasteiger partial charge in [0.15, 0.2) is 0 Å². The van der Waals surface area contributed by atoms with E-state index in [0.717, 1.165) is 16.4 Å². The van der Waals surface area contributed by atoms with Gasteiger partial charge in [-0.05, 0) is 24.6 Å². The molecule has 1 aliphatic heterocycles. The van der Waals surface area contributed by atoms with E-state index in [0.29, 0.717) is 6.42 Å². The molecule has 17 heavy (non-hydrogen) atoms. The zero-order valence-electron chi connectivity index (χ0n) is 9.01. The Morgan fingerprint density at radius 2 is 2.18 bits per heavy atom. The third-order valence-electron chi connectivity index (χ3n) is 2.70. The van der Waals surface area contributed by atoms with Crippen LogP contribution in [0, 0.1) is 5.82 Å². The zero-order valence-corrected chi connectivity index (χ0v) is 9.82. The molecule has 3 N–H and O–H groups in total. The molecule has 1 saturated heterocycles. The Kier molecular flexibility index (Phi) is 3.07. The minimum atomic E-state index is -3.91. The third kappa shape index (κ3) is 2.26. The summed E-state index contributed by atoms with van der Waals surface area (Å²) in [7, 11) is -3.91. The van der Waals surface area contributed by atoms with Gasteiger partial charge in [0, 0.05) is 18.8 Å². The van der Waals surface area contributed by atoms with Gasteiger partial charge in [-0.1, -0.05) is 0 Å². The second-order valence-corrected chi connectivity index (χ2v) is 5.90. The highest BCUT2D eigenvalue weighted by Gasteiger charge is 2.33. The Morgan fingerprint density at radius 1 is 1.47 bits per heavy atom. The first-order chi connectivity index (χ1) is 7.91. The number of aliphatic hydroxyl groups excluding tert-OH is 1. The van der Waals surface area contributed by atoms with Crippen LogP contribution in [0.4, 0.5) is 10.1 Å². The van der Waals surface area contributed by atoms with E-state index in [4.69, 9.17) is 5.73 Å². The fraction of sp³-hybridized carbons (Fsp3) is 0.400. The maximum Gasteiger partial charge on any atom is 0.246 e. The summed E-state index contributed by atoms with van der Waals surface area (Å²) in [5, 5.41) is 9.31. The summed E-state index contributed by atoms with van der Waals surface area (Å²) in [6.45, 7) is 0.189. The average Bonchev–Trinajstić information content (AvgIpc) is 2.69. The number of sulfonamides is 1. The van der Waals surface area contributed by atoms with E-state index in [2.05, 4.69) is 0 Å². The topological polar surface area (TPSA) is 83.6 Å². The number of nitrogens with two attached hydrogens (primary N) is 1. The molecule has 1 aromatic carbocycles. The molecule has 1 aromatic rings. The van der Waals surface area contributed by atoms with Gasteiger partial charge >= 0.3 is 0 Å². The summed E-state index contributed by atoms with van der Waals surface area (Å²) >= 11 is 0. The molecule has 0 spiro atoms. The van der Waals surface area contributed by atoms with Crippen molar-refractivity contribution in [1.29, 1.82) is 0 Å². The van der Waals surface area contributed by atoms with Crippen LogP contribution in [0.3, 0.4) is 0 Å². The number of hydrogen-bond donors (Lipinski definition) is 2. The van der Waals surface area contributed by atoms with E-state index in [1.54, 1.807) is 0 Å². The lowest BCUT2D eigenvalue weighted by Gasteiger charge is -2.16. The maximum absolute atomic E-state index is 13.5. The highest BCUT2D eigenvalue weighted by molar-refractivity contribution is 7.89. The van der Waals surface area contributed by atoms with Crippen molar-refractivity contribution in [2.75, 3.05) is 18.8 Å². The molecule has 0 radical (unpaired) electrons. The number of rotatable bonds is 2. The predicted octanol–water partition coefficient (Wildman–Crippen LogP) is 0.163. The number of halogens is 1. The normalized spacial score (nSPS) is 21.9. The fourth-order valence-electron chi connectivity index (χ4n) is 1.79. The number of nitrogens with zero attached hydrogens (tertiary/aromatic N) is 1. The quantitative estimate of drug-likeness (QED) is 0.742. The van der Waals surface area contributed by atoms with Crippen molar-refractivity contribution in [3.05, 3.63) is 24.0 Å². The minimum absolute atomic E-state index is 0.00340. The van der Waals surface area contributed by atoms with Crippen molar-refractivity contribution in [3.63, 3.8) is 0 Å². The van der Waals surface area contributed by atoms with Crippen LogP contribution in [-0.4, -0.2) is 37.0 Å². The van der Waals surface area contributed by atoms with Gasteiger partial charge in [-0.2, -0.15) is 4.31 Å². The maximum atomic E-state index is 13.5. The molecule has 1 fully saturated rings. The summed E-state index contributed by atoms with van der Waals surface area (Å²) in [5.74, 6) is -0.833. The highest BCUT2D eigenvalue weighted by Crippen LogP contribution is 2.24. The largest absolute Gasteiger partial charge is 0.399 e. The van der Waals surface area contributed by atoms with Gasteiger partial charge in [-0.25, -0.2) is 12.8 Å². The number of hydrogen-bond acceptors (Lipinski definition) is 4. The van der Waals surface area contributed by atoms with Crippen LogP contribution in [0.1, 0.15) is 6.42 Å². The monoisotopic (exact) mass is 260 g/mol. The smallest absolute Gasteiger partial charge is 0.246 e. The second-order valence-electron chi connectivity index (χ2n) is 4.00. The van der Waals surface area contributed by atoms with Crippen LogP contribution >= 0.6 is 0 Å². The number of β-amino-alcohol motifs (C(OH)–C–C–N with tert-alkyl or cyclic N) is 1. The molecule has 2 rings (SSSR count). The highest BCUT2D eigenvalue weighted by atomic mass is 32.2. The molecular formula is C10H13FN2O3S. The molecule has 0 amide bonds. The summed E-state index contributed by atoms with van der Waals surface area (Å²) in [6.07, 6.45) is -0.322. The van der Waals surface area contributed by atoms with E-state index >= 15 is 0 Å². The van der Waals surface area contributed by atoms with Gasteiger partial charge in [0.1, 0.15) is 10.7 Å². The van der Waals surface area contributed by atoms with Gasteiger partial charge in [0.25, 0.3) is 0 Å². The summed E-state index contributed by atoms with van der Waals surface area (Å²) in [6, 6.07) is 3.41. The average molecular weight is 260 g/mol. The first-order valence-electron chi connectivity index (χ1n) is 5.14. The lowest BCUT2D eigenvalue weighted by atomic mass is 10.3. The van der Waals surface area contributed by atoms with Gasteiger partial charge in [0.2, 0.25) is 10.0 Å².